The molecule has 0 spiro atoms. The largest absolute Gasteiger partial charge is 0.346 e. The smallest absolute Gasteiger partial charge is 0.106 e. The van der Waals surface area contributed by atoms with Crippen molar-refractivity contribution in [1.82, 2.24) is 9.97 Å². The Morgan fingerprint density at radius 3 is 2.78 bits per heavy atom. The topological polar surface area (TPSA) is 54.7 Å². The van der Waals surface area contributed by atoms with Gasteiger partial charge in [0.25, 0.3) is 0 Å². The van der Waals surface area contributed by atoms with Crippen molar-refractivity contribution in [3.05, 3.63) is 17.2 Å². The first kappa shape index (κ1) is 13.6. The number of aromatic nitrogens is 2. The SMILES string of the molecule is CC(Cc1nc2c([nH]1)CCCC2N)CC(C)(C)C. The second-order valence-electron chi connectivity index (χ2n) is 7.12. The van der Waals surface area contributed by atoms with Crippen molar-refractivity contribution in [2.75, 3.05) is 0 Å². The van der Waals surface area contributed by atoms with E-state index < -0.39 is 0 Å². The van der Waals surface area contributed by atoms with Crippen LogP contribution in [0.5, 0.6) is 0 Å². The Hall–Kier alpha value is -0.830. The summed E-state index contributed by atoms with van der Waals surface area (Å²) >= 11 is 0. The van der Waals surface area contributed by atoms with E-state index in [4.69, 9.17) is 10.7 Å². The van der Waals surface area contributed by atoms with Crippen molar-refractivity contribution >= 4 is 0 Å². The summed E-state index contributed by atoms with van der Waals surface area (Å²) in [7, 11) is 0. The Balaban J connectivity index is 2.02. The molecule has 0 saturated carbocycles. The first-order chi connectivity index (χ1) is 8.35. The minimum absolute atomic E-state index is 0.150. The van der Waals surface area contributed by atoms with Crippen LogP contribution in [0.25, 0.3) is 0 Å². The maximum Gasteiger partial charge on any atom is 0.106 e. The predicted octanol–water partition coefficient (Wildman–Crippen LogP) is 3.36. The van der Waals surface area contributed by atoms with Gasteiger partial charge in [0.2, 0.25) is 0 Å². The lowest BCUT2D eigenvalue weighted by molar-refractivity contribution is 0.304. The number of aromatic amines is 1. The summed E-state index contributed by atoms with van der Waals surface area (Å²) in [5.74, 6) is 1.79. The zero-order valence-electron chi connectivity index (χ0n) is 12.2. The highest BCUT2D eigenvalue weighted by molar-refractivity contribution is 5.21. The molecule has 2 atom stereocenters. The molecule has 1 aromatic heterocycles. The van der Waals surface area contributed by atoms with Gasteiger partial charge in [0.1, 0.15) is 5.82 Å². The first-order valence-electron chi connectivity index (χ1n) is 7.18. The van der Waals surface area contributed by atoms with Crippen LogP contribution in [-0.4, -0.2) is 9.97 Å². The van der Waals surface area contributed by atoms with Crippen molar-refractivity contribution in [2.24, 2.45) is 17.1 Å². The van der Waals surface area contributed by atoms with Crippen molar-refractivity contribution in [3.8, 4) is 0 Å². The molecule has 18 heavy (non-hydrogen) atoms. The summed E-state index contributed by atoms with van der Waals surface area (Å²) in [6.07, 6.45) is 5.65. The zero-order valence-corrected chi connectivity index (χ0v) is 12.2. The normalized spacial score (nSPS) is 21.7. The molecule has 1 heterocycles. The number of H-pyrrole nitrogens is 1. The van der Waals surface area contributed by atoms with Gasteiger partial charge in [0, 0.05) is 18.2 Å². The molecule has 102 valence electrons. The van der Waals surface area contributed by atoms with Crippen LogP contribution >= 0.6 is 0 Å². The van der Waals surface area contributed by atoms with Crippen LogP contribution in [0.3, 0.4) is 0 Å². The van der Waals surface area contributed by atoms with Gasteiger partial charge in [-0.1, -0.05) is 27.7 Å². The molecule has 0 aromatic carbocycles. The van der Waals surface area contributed by atoms with E-state index in [0.29, 0.717) is 11.3 Å². The van der Waals surface area contributed by atoms with E-state index in [2.05, 4.69) is 32.7 Å². The van der Waals surface area contributed by atoms with Crippen molar-refractivity contribution in [1.29, 1.82) is 0 Å². The summed E-state index contributed by atoms with van der Waals surface area (Å²) in [4.78, 5) is 8.21. The molecule has 0 aliphatic heterocycles. The van der Waals surface area contributed by atoms with Crippen LogP contribution in [0, 0.1) is 11.3 Å². The van der Waals surface area contributed by atoms with Gasteiger partial charge >= 0.3 is 0 Å². The van der Waals surface area contributed by atoms with E-state index in [9.17, 15) is 0 Å². The fraction of sp³-hybridized carbons (Fsp3) is 0.800. The van der Waals surface area contributed by atoms with Gasteiger partial charge in [-0.15, -0.1) is 0 Å². The van der Waals surface area contributed by atoms with Crippen molar-refractivity contribution < 1.29 is 0 Å². The Morgan fingerprint density at radius 2 is 2.17 bits per heavy atom. The number of rotatable bonds is 3. The summed E-state index contributed by atoms with van der Waals surface area (Å²) in [6, 6.07) is 0.150. The third-order valence-electron chi connectivity index (χ3n) is 3.66. The monoisotopic (exact) mass is 249 g/mol. The quantitative estimate of drug-likeness (QED) is 0.863. The number of nitrogens with one attached hydrogen (secondary N) is 1. The van der Waals surface area contributed by atoms with Crippen molar-refractivity contribution in [2.45, 2.75) is 65.8 Å². The minimum atomic E-state index is 0.150. The maximum absolute atomic E-state index is 6.11. The Morgan fingerprint density at radius 1 is 1.44 bits per heavy atom. The lowest BCUT2D eigenvalue weighted by atomic mass is 9.84. The fourth-order valence-electron chi connectivity index (χ4n) is 3.16. The molecule has 0 bridgehead atoms. The summed E-state index contributed by atoms with van der Waals surface area (Å²) < 4.78 is 0. The van der Waals surface area contributed by atoms with Crippen LogP contribution < -0.4 is 5.73 Å². The molecule has 0 radical (unpaired) electrons. The highest BCUT2D eigenvalue weighted by atomic mass is 15.0. The molecule has 1 aliphatic carbocycles. The molecule has 0 amide bonds. The lowest BCUT2D eigenvalue weighted by Gasteiger charge is -2.22. The van der Waals surface area contributed by atoms with E-state index in [-0.39, 0.29) is 6.04 Å². The molecular formula is C15H27N3. The second-order valence-corrected chi connectivity index (χ2v) is 7.12. The van der Waals surface area contributed by atoms with E-state index >= 15 is 0 Å². The van der Waals surface area contributed by atoms with E-state index in [1.807, 2.05) is 0 Å². The summed E-state index contributed by atoms with van der Waals surface area (Å²) in [6.45, 7) is 9.21. The highest BCUT2D eigenvalue weighted by Gasteiger charge is 2.22. The number of fused-ring (bicyclic) bond motifs is 1. The molecule has 2 unspecified atom stereocenters. The van der Waals surface area contributed by atoms with Crippen molar-refractivity contribution in [3.63, 3.8) is 0 Å². The first-order valence-corrected chi connectivity index (χ1v) is 7.18. The van der Waals surface area contributed by atoms with Gasteiger partial charge in [-0.05, 0) is 37.0 Å². The highest BCUT2D eigenvalue weighted by Crippen LogP contribution is 2.29. The zero-order chi connectivity index (χ0) is 13.3. The maximum atomic E-state index is 6.11. The van der Waals surface area contributed by atoms with Gasteiger partial charge in [0.15, 0.2) is 0 Å². The average molecular weight is 249 g/mol. The number of aryl methyl sites for hydroxylation is 1. The lowest BCUT2D eigenvalue weighted by Crippen LogP contribution is -2.17. The van der Waals surface area contributed by atoms with E-state index in [1.54, 1.807) is 0 Å². The van der Waals surface area contributed by atoms with Gasteiger partial charge in [-0.3, -0.25) is 0 Å². The molecule has 1 aromatic rings. The van der Waals surface area contributed by atoms with Crippen LogP contribution in [0.4, 0.5) is 0 Å². The Labute approximate surface area is 111 Å². The Bertz CT molecular complexity index is 400. The van der Waals surface area contributed by atoms with Gasteiger partial charge < -0.3 is 10.7 Å². The number of nitrogens with two attached hydrogens (primary N) is 1. The predicted molar refractivity (Wildman–Crippen MR) is 75.4 cm³/mol. The van der Waals surface area contributed by atoms with Crippen LogP contribution in [0.15, 0.2) is 0 Å². The molecule has 3 heteroatoms. The number of imidazole rings is 1. The fourth-order valence-corrected chi connectivity index (χ4v) is 3.16. The third-order valence-corrected chi connectivity index (χ3v) is 3.66. The van der Waals surface area contributed by atoms with E-state index in [1.165, 1.54) is 18.5 Å². The van der Waals surface area contributed by atoms with Crippen LogP contribution in [-0.2, 0) is 12.8 Å². The molecule has 3 nitrogen and oxygen atoms in total. The standard InChI is InChI=1S/C15H27N3/c1-10(9-15(2,3)4)8-13-17-12-7-5-6-11(16)14(12)18-13/h10-11H,5-9,16H2,1-4H3,(H,17,18). The number of hydrogen-bond donors (Lipinski definition) is 2. The summed E-state index contributed by atoms with van der Waals surface area (Å²) in [5, 5.41) is 0. The average Bonchev–Trinajstić information content (AvgIpc) is 2.58. The minimum Gasteiger partial charge on any atom is -0.346 e. The molecule has 3 N–H and O–H groups in total. The molecule has 0 saturated heterocycles. The molecule has 1 aliphatic rings. The second kappa shape index (κ2) is 5.04. The van der Waals surface area contributed by atoms with E-state index in [0.717, 1.165) is 30.8 Å². The van der Waals surface area contributed by atoms with Crippen LogP contribution in [0.2, 0.25) is 0 Å². The van der Waals surface area contributed by atoms with Crippen LogP contribution in [0.1, 0.15) is 70.2 Å². The number of hydrogen-bond acceptors (Lipinski definition) is 2. The summed E-state index contributed by atoms with van der Waals surface area (Å²) in [5.41, 5.74) is 8.91. The Kier molecular flexibility index (Phi) is 3.81. The molecular weight excluding hydrogens is 222 g/mol. The number of nitrogens with zero attached hydrogens (tertiary/aromatic N) is 1. The molecule has 0 fully saturated rings. The van der Waals surface area contributed by atoms with Gasteiger partial charge in [-0.25, -0.2) is 4.98 Å². The molecule has 2 rings (SSSR count). The van der Waals surface area contributed by atoms with Gasteiger partial charge in [0.05, 0.1) is 5.69 Å². The van der Waals surface area contributed by atoms with Gasteiger partial charge in [-0.2, -0.15) is 0 Å². The third kappa shape index (κ3) is 3.35.